The zero-order valence-corrected chi connectivity index (χ0v) is 16.2. The van der Waals surface area contributed by atoms with Gasteiger partial charge in [-0.15, -0.1) is 0 Å². The topological polar surface area (TPSA) is 66.7 Å². The maximum atomic E-state index is 13.1. The Labute approximate surface area is 150 Å². The number of benzene rings is 1. The predicted octanol–water partition coefficient (Wildman–Crippen LogP) is 2.48. The summed E-state index contributed by atoms with van der Waals surface area (Å²) >= 11 is 0. The molecule has 0 aliphatic carbocycles. The van der Waals surface area contributed by atoms with Crippen molar-refractivity contribution in [1.29, 1.82) is 0 Å². The highest BCUT2D eigenvalue weighted by Gasteiger charge is 2.30. The average molecular weight is 365 g/mol. The molecule has 0 aliphatic rings. The van der Waals surface area contributed by atoms with Gasteiger partial charge in [0.25, 0.3) is 0 Å². The van der Waals surface area contributed by atoms with Crippen LogP contribution in [-0.2, 0) is 16.4 Å². The molecular formula is C18H27N3O3S. The van der Waals surface area contributed by atoms with Crippen LogP contribution in [0, 0.1) is 13.8 Å². The standard InChI is InChI=1S/C18H27N3O3S/c1-15-18(16(2)24-19-15)25(22,23)21(14-13-20(3)4)12-8-11-17-9-6-5-7-10-17/h5-7,9-10H,8,11-14H2,1-4H3. The van der Waals surface area contributed by atoms with Crippen molar-refractivity contribution in [1.82, 2.24) is 14.4 Å². The van der Waals surface area contributed by atoms with Gasteiger partial charge in [-0.25, -0.2) is 8.42 Å². The van der Waals surface area contributed by atoms with Gasteiger partial charge >= 0.3 is 0 Å². The molecule has 7 heteroatoms. The van der Waals surface area contributed by atoms with Gasteiger partial charge in [-0.05, 0) is 46.3 Å². The van der Waals surface area contributed by atoms with Crippen molar-refractivity contribution in [3.63, 3.8) is 0 Å². The van der Waals surface area contributed by atoms with Crippen LogP contribution in [-0.4, -0.2) is 56.5 Å². The number of sulfonamides is 1. The van der Waals surface area contributed by atoms with Gasteiger partial charge in [0.2, 0.25) is 10.0 Å². The number of nitrogens with zero attached hydrogens (tertiary/aromatic N) is 3. The van der Waals surface area contributed by atoms with Crippen LogP contribution in [0.1, 0.15) is 23.4 Å². The molecule has 0 N–H and O–H groups in total. The van der Waals surface area contributed by atoms with Crippen LogP contribution in [0.15, 0.2) is 39.8 Å². The molecule has 0 atom stereocenters. The van der Waals surface area contributed by atoms with Gasteiger partial charge in [0, 0.05) is 19.6 Å². The molecule has 0 saturated heterocycles. The summed E-state index contributed by atoms with van der Waals surface area (Å²) in [7, 11) is 0.252. The highest BCUT2D eigenvalue weighted by atomic mass is 32.2. The minimum Gasteiger partial charge on any atom is -0.360 e. The third-order valence-electron chi connectivity index (χ3n) is 4.08. The lowest BCUT2D eigenvalue weighted by Gasteiger charge is -2.23. The molecule has 2 rings (SSSR count). The van der Waals surface area contributed by atoms with Crippen LogP contribution in [0.3, 0.4) is 0 Å². The molecule has 0 bridgehead atoms. The fourth-order valence-corrected chi connectivity index (χ4v) is 4.50. The van der Waals surface area contributed by atoms with E-state index in [1.54, 1.807) is 18.2 Å². The van der Waals surface area contributed by atoms with E-state index in [4.69, 9.17) is 4.52 Å². The highest BCUT2D eigenvalue weighted by molar-refractivity contribution is 7.89. The molecule has 0 aliphatic heterocycles. The monoisotopic (exact) mass is 365 g/mol. The number of likely N-dealkylation sites (N-methyl/N-ethyl adjacent to an activating group) is 1. The predicted molar refractivity (Wildman–Crippen MR) is 98.1 cm³/mol. The molecule has 0 unspecified atom stereocenters. The van der Waals surface area contributed by atoms with Crippen molar-refractivity contribution in [2.75, 3.05) is 33.7 Å². The SMILES string of the molecule is Cc1noc(C)c1S(=O)(=O)N(CCCc1ccccc1)CCN(C)C. The first kappa shape index (κ1) is 19.6. The van der Waals surface area contributed by atoms with E-state index < -0.39 is 10.0 Å². The molecule has 0 amide bonds. The molecule has 0 spiro atoms. The second-order valence-corrected chi connectivity index (χ2v) is 8.32. The molecule has 2 aromatic rings. The van der Waals surface area contributed by atoms with Crippen molar-refractivity contribution in [2.24, 2.45) is 0 Å². The third kappa shape index (κ3) is 5.14. The van der Waals surface area contributed by atoms with Crippen LogP contribution >= 0.6 is 0 Å². The Hall–Kier alpha value is -1.70. The first-order valence-electron chi connectivity index (χ1n) is 8.44. The first-order valence-corrected chi connectivity index (χ1v) is 9.88. The smallest absolute Gasteiger partial charge is 0.248 e. The quantitative estimate of drug-likeness (QED) is 0.683. The molecule has 6 nitrogen and oxygen atoms in total. The van der Waals surface area contributed by atoms with E-state index in [0.717, 1.165) is 12.8 Å². The average Bonchev–Trinajstić information content (AvgIpc) is 2.90. The van der Waals surface area contributed by atoms with E-state index in [2.05, 4.69) is 17.3 Å². The van der Waals surface area contributed by atoms with Gasteiger partial charge in [0.15, 0.2) is 5.76 Å². The molecule has 0 radical (unpaired) electrons. The Kier molecular flexibility index (Phi) is 6.75. The van der Waals surface area contributed by atoms with Crippen LogP contribution in [0.25, 0.3) is 0 Å². The largest absolute Gasteiger partial charge is 0.360 e. The summed E-state index contributed by atoms with van der Waals surface area (Å²) in [6.07, 6.45) is 1.61. The van der Waals surface area contributed by atoms with Gasteiger partial charge in [0.1, 0.15) is 10.6 Å². The van der Waals surface area contributed by atoms with E-state index in [9.17, 15) is 8.42 Å². The molecule has 1 aromatic carbocycles. The van der Waals surface area contributed by atoms with Gasteiger partial charge in [-0.1, -0.05) is 35.5 Å². The fourth-order valence-electron chi connectivity index (χ4n) is 2.74. The van der Waals surface area contributed by atoms with E-state index in [1.807, 2.05) is 37.2 Å². The molecule has 25 heavy (non-hydrogen) atoms. The number of rotatable bonds is 9. The molecule has 0 saturated carbocycles. The van der Waals surface area contributed by atoms with Crippen molar-refractivity contribution in [3.8, 4) is 0 Å². The first-order chi connectivity index (χ1) is 11.8. The Morgan fingerprint density at radius 2 is 1.72 bits per heavy atom. The second kappa shape index (κ2) is 8.60. The lowest BCUT2D eigenvalue weighted by atomic mass is 10.1. The normalized spacial score (nSPS) is 12.2. The van der Waals surface area contributed by atoms with Gasteiger partial charge in [-0.3, -0.25) is 0 Å². The Bertz CT molecular complexity index is 751. The zero-order valence-electron chi connectivity index (χ0n) is 15.4. The summed E-state index contributed by atoms with van der Waals surface area (Å²) < 4.78 is 32.8. The molecular weight excluding hydrogens is 338 g/mol. The molecule has 138 valence electrons. The van der Waals surface area contributed by atoms with E-state index >= 15 is 0 Å². The maximum absolute atomic E-state index is 13.1. The van der Waals surface area contributed by atoms with Crippen LogP contribution in [0.2, 0.25) is 0 Å². The molecule has 0 fully saturated rings. The zero-order chi connectivity index (χ0) is 18.4. The minimum absolute atomic E-state index is 0.200. The van der Waals surface area contributed by atoms with Gasteiger partial charge < -0.3 is 9.42 Å². The Morgan fingerprint density at radius 1 is 1.04 bits per heavy atom. The maximum Gasteiger partial charge on any atom is 0.248 e. The third-order valence-corrected chi connectivity index (χ3v) is 6.22. The van der Waals surface area contributed by atoms with Crippen molar-refractivity contribution >= 4 is 10.0 Å². The number of hydrogen-bond acceptors (Lipinski definition) is 5. The van der Waals surface area contributed by atoms with Crippen LogP contribution < -0.4 is 0 Å². The highest BCUT2D eigenvalue weighted by Crippen LogP contribution is 2.23. The summed E-state index contributed by atoms with van der Waals surface area (Å²) in [6.45, 7) is 4.87. The van der Waals surface area contributed by atoms with Crippen LogP contribution in [0.5, 0.6) is 0 Å². The summed E-state index contributed by atoms with van der Waals surface area (Å²) in [6, 6.07) is 10.1. The van der Waals surface area contributed by atoms with Gasteiger partial charge in [0.05, 0.1) is 0 Å². The van der Waals surface area contributed by atoms with Crippen molar-refractivity contribution < 1.29 is 12.9 Å². The summed E-state index contributed by atoms with van der Waals surface area (Å²) in [5.74, 6) is 0.343. The minimum atomic E-state index is -3.62. The molecule has 1 heterocycles. The summed E-state index contributed by atoms with van der Waals surface area (Å²) in [5.41, 5.74) is 1.63. The van der Waals surface area contributed by atoms with Crippen LogP contribution in [0.4, 0.5) is 0 Å². The van der Waals surface area contributed by atoms with E-state index in [0.29, 0.717) is 31.1 Å². The Balaban J connectivity index is 2.14. The second-order valence-electron chi connectivity index (χ2n) is 6.45. The summed E-state index contributed by atoms with van der Waals surface area (Å²) in [5, 5.41) is 3.80. The number of hydrogen-bond donors (Lipinski definition) is 0. The lowest BCUT2D eigenvalue weighted by Crippen LogP contribution is -2.38. The molecule has 1 aromatic heterocycles. The fraction of sp³-hybridized carbons (Fsp3) is 0.500. The van der Waals surface area contributed by atoms with E-state index in [-0.39, 0.29) is 4.90 Å². The van der Waals surface area contributed by atoms with Crippen molar-refractivity contribution in [3.05, 3.63) is 47.3 Å². The van der Waals surface area contributed by atoms with E-state index in [1.165, 1.54) is 5.56 Å². The van der Waals surface area contributed by atoms with Crippen molar-refractivity contribution in [2.45, 2.75) is 31.6 Å². The number of aromatic nitrogens is 1. The Morgan fingerprint density at radius 3 is 2.28 bits per heavy atom. The number of aryl methyl sites for hydroxylation is 3. The summed E-state index contributed by atoms with van der Waals surface area (Å²) in [4.78, 5) is 2.18. The van der Waals surface area contributed by atoms with Gasteiger partial charge in [-0.2, -0.15) is 4.31 Å². The lowest BCUT2D eigenvalue weighted by molar-refractivity contribution is 0.330.